The van der Waals surface area contributed by atoms with Gasteiger partial charge in [-0.2, -0.15) is 5.26 Å². The van der Waals surface area contributed by atoms with Crippen molar-refractivity contribution in [3.8, 4) is 6.07 Å². The van der Waals surface area contributed by atoms with Gasteiger partial charge < -0.3 is 5.32 Å². The van der Waals surface area contributed by atoms with E-state index < -0.39 is 11.8 Å². The molecule has 0 saturated carbocycles. The topological polar surface area (TPSA) is 73.2 Å². The summed E-state index contributed by atoms with van der Waals surface area (Å²) in [5, 5.41) is 12.2. The van der Waals surface area contributed by atoms with E-state index in [1.807, 2.05) is 68.4 Å². The zero-order chi connectivity index (χ0) is 21.3. The van der Waals surface area contributed by atoms with Gasteiger partial charge in [0.2, 0.25) is 0 Å². The van der Waals surface area contributed by atoms with E-state index in [1.165, 1.54) is 0 Å². The highest BCUT2D eigenvalue weighted by Crippen LogP contribution is 2.34. The summed E-state index contributed by atoms with van der Waals surface area (Å²) < 4.78 is 0. The van der Waals surface area contributed by atoms with E-state index in [9.17, 15) is 9.59 Å². The Morgan fingerprint density at radius 3 is 2.17 bits per heavy atom. The molecular formula is C25H19N3O2. The Hall–Kier alpha value is -4.17. The van der Waals surface area contributed by atoms with Gasteiger partial charge in [-0.05, 0) is 66.9 Å². The van der Waals surface area contributed by atoms with Crippen LogP contribution in [0.4, 0.5) is 11.4 Å². The first-order chi connectivity index (χ1) is 14.5. The molecule has 0 radical (unpaired) electrons. The monoisotopic (exact) mass is 393 g/mol. The van der Waals surface area contributed by atoms with Crippen LogP contribution in [0.25, 0.3) is 5.57 Å². The third-order valence-electron chi connectivity index (χ3n) is 5.18. The van der Waals surface area contributed by atoms with Gasteiger partial charge in [0.15, 0.2) is 0 Å². The number of nitrogens with one attached hydrogen (secondary N) is 1. The quantitative estimate of drug-likeness (QED) is 0.659. The minimum Gasteiger partial charge on any atom is -0.350 e. The second kappa shape index (κ2) is 7.69. The molecule has 0 bridgehead atoms. The molecular weight excluding hydrogens is 374 g/mol. The minimum absolute atomic E-state index is 0.235. The zero-order valence-corrected chi connectivity index (χ0v) is 16.6. The minimum atomic E-state index is -0.429. The average molecular weight is 393 g/mol. The number of para-hydroxylation sites is 1. The SMILES string of the molecule is Cc1ccc(C2=C(Nc3ccccc3)C(=O)N(c3ccc(C#N)cc3)C2=O)cc1C. The summed E-state index contributed by atoms with van der Waals surface area (Å²) in [5.41, 5.74) is 5.00. The molecule has 146 valence electrons. The predicted molar refractivity (Wildman–Crippen MR) is 117 cm³/mol. The summed E-state index contributed by atoms with van der Waals surface area (Å²) in [7, 11) is 0. The molecule has 0 aromatic heterocycles. The lowest BCUT2D eigenvalue weighted by Crippen LogP contribution is -2.32. The van der Waals surface area contributed by atoms with E-state index in [-0.39, 0.29) is 5.70 Å². The van der Waals surface area contributed by atoms with Crippen LogP contribution in [0.5, 0.6) is 0 Å². The number of hydrogen-bond acceptors (Lipinski definition) is 4. The van der Waals surface area contributed by atoms with E-state index in [0.717, 1.165) is 21.7 Å². The molecule has 1 aliphatic heterocycles. The van der Waals surface area contributed by atoms with E-state index in [4.69, 9.17) is 5.26 Å². The molecule has 4 rings (SSSR count). The number of anilines is 2. The molecule has 1 N–H and O–H groups in total. The summed E-state index contributed by atoms with van der Waals surface area (Å²) in [6.07, 6.45) is 0. The maximum absolute atomic E-state index is 13.4. The standard InChI is InChI=1S/C25H19N3O2/c1-16-8-11-19(14-17(16)2)22-23(27-20-6-4-3-5-7-20)25(30)28(24(22)29)21-12-9-18(15-26)10-13-21/h3-14,27H,1-2H3. The summed E-state index contributed by atoms with van der Waals surface area (Å²) in [6.45, 7) is 3.98. The number of nitriles is 1. The number of benzene rings is 3. The van der Waals surface area contributed by atoms with Gasteiger partial charge in [0.05, 0.1) is 22.9 Å². The molecule has 0 atom stereocenters. The van der Waals surface area contributed by atoms with E-state index in [2.05, 4.69) is 5.32 Å². The van der Waals surface area contributed by atoms with Gasteiger partial charge in [0, 0.05) is 5.69 Å². The maximum Gasteiger partial charge on any atom is 0.282 e. The smallest absolute Gasteiger partial charge is 0.282 e. The fraction of sp³-hybridized carbons (Fsp3) is 0.0800. The second-order valence-electron chi connectivity index (χ2n) is 7.14. The molecule has 3 aromatic rings. The van der Waals surface area contributed by atoms with Crippen LogP contribution < -0.4 is 10.2 Å². The molecule has 0 aliphatic carbocycles. The fourth-order valence-electron chi connectivity index (χ4n) is 3.40. The highest BCUT2D eigenvalue weighted by molar-refractivity contribution is 6.46. The molecule has 1 aliphatic rings. The Labute approximate surface area is 174 Å². The van der Waals surface area contributed by atoms with Gasteiger partial charge in [0.1, 0.15) is 5.70 Å². The number of imide groups is 1. The first-order valence-electron chi connectivity index (χ1n) is 9.52. The second-order valence-corrected chi connectivity index (χ2v) is 7.14. The van der Waals surface area contributed by atoms with Gasteiger partial charge >= 0.3 is 0 Å². The lowest BCUT2D eigenvalue weighted by atomic mass is 9.99. The number of nitrogens with zero attached hydrogens (tertiary/aromatic N) is 2. The van der Waals surface area contributed by atoms with Crippen LogP contribution in [0.15, 0.2) is 78.5 Å². The largest absolute Gasteiger partial charge is 0.350 e. The number of aryl methyl sites for hydroxylation is 2. The predicted octanol–water partition coefficient (Wildman–Crippen LogP) is 4.57. The van der Waals surface area contributed by atoms with Crippen molar-refractivity contribution in [2.45, 2.75) is 13.8 Å². The number of rotatable bonds is 4. The van der Waals surface area contributed by atoms with Crippen LogP contribution in [-0.2, 0) is 9.59 Å². The van der Waals surface area contributed by atoms with Crippen molar-refractivity contribution in [2.75, 3.05) is 10.2 Å². The van der Waals surface area contributed by atoms with Gasteiger partial charge in [-0.1, -0.05) is 36.4 Å². The Bertz CT molecular complexity index is 1220. The number of carbonyl (C=O) groups excluding carboxylic acids is 2. The Balaban J connectivity index is 1.83. The third-order valence-corrected chi connectivity index (χ3v) is 5.18. The molecule has 0 unspecified atom stereocenters. The van der Waals surface area contributed by atoms with Crippen LogP contribution in [0.3, 0.4) is 0 Å². The first kappa shape index (κ1) is 19.2. The van der Waals surface area contributed by atoms with Gasteiger partial charge in [0.25, 0.3) is 11.8 Å². The molecule has 0 saturated heterocycles. The van der Waals surface area contributed by atoms with Crippen molar-refractivity contribution in [3.63, 3.8) is 0 Å². The van der Waals surface area contributed by atoms with E-state index in [0.29, 0.717) is 22.4 Å². The summed E-state index contributed by atoms with van der Waals surface area (Å²) in [4.78, 5) is 27.9. The number of hydrogen-bond donors (Lipinski definition) is 1. The third kappa shape index (κ3) is 3.36. The molecule has 1 heterocycles. The van der Waals surface area contributed by atoms with Crippen molar-refractivity contribution in [1.82, 2.24) is 0 Å². The van der Waals surface area contributed by atoms with Crippen LogP contribution in [0, 0.1) is 25.2 Å². The van der Waals surface area contributed by atoms with Gasteiger partial charge in [-0.3, -0.25) is 9.59 Å². The normalized spacial score (nSPS) is 13.6. The molecule has 0 fully saturated rings. The van der Waals surface area contributed by atoms with Crippen molar-refractivity contribution in [1.29, 1.82) is 5.26 Å². The Morgan fingerprint density at radius 2 is 1.53 bits per heavy atom. The molecule has 5 heteroatoms. The van der Waals surface area contributed by atoms with Crippen LogP contribution in [0.2, 0.25) is 0 Å². The van der Waals surface area contributed by atoms with Crippen molar-refractivity contribution in [3.05, 3.63) is 101 Å². The average Bonchev–Trinajstić information content (AvgIpc) is 3.00. The van der Waals surface area contributed by atoms with E-state index in [1.54, 1.807) is 24.3 Å². The van der Waals surface area contributed by atoms with Crippen molar-refractivity contribution < 1.29 is 9.59 Å². The highest BCUT2D eigenvalue weighted by atomic mass is 16.2. The van der Waals surface area contributed by atoms with Crippen LogP contribution >= 0.6 is 0 Å². The summed E-state index contributed by atoms with van der Waals surface area (Å²) in [5.74, 6) is -0.826. The van der Waals surface area contributed by atoms with Crippen molar-refractivity contribution >= 4 is 28.8 Å². The Morgan fingerprint density at radius 1 is 0.833 bits per heavy atom. The molecule has 2 amide bonds. The zero-order valence-electron chi connectivity index (χ0n) is 16.6. The lowest BCUT2D eigenvalue weighted by molar-refractivity contribution is -0.120. The van der Waals surface area contributed by atoms with Gasteiger partial charge in [-0.25, -0.2) is 4.90 Å². The molecule has 3 aromatic carbocycles. The highest BCUT2D eigenvalue weighted by Gasteiger charge is 2.40. The molecule has 0 spiro atoms. The van der Waals surface area contributed by atoms with Gasteiger partial charge in [-0.15, -0.1) is 0 Å². The fourth-order valence-corrected chi connectivity index (χ4v) is 3.40. The van der Waals surface area contributed by atoms with Crippen molar-refractivity contribution in [2.24, 2.45) is 0 Å². The van der Waals surface area contributed by atoms with E-state index >= 15 is 0 Å². The first-order valence-corrected chi connectivity index (χ1v) is 9.52. The summed E-state index contributed by atoms with van der Waals surface area (Å²) in [6, 6.07) is 23.5. The molecule has 30 heavy (non-hydrogen) atoms. The van der Waals surface area contributed by atoms with Crippen LogP contribution in [0.1, 0.15) is 22.3 Å². The Kier molecular flexibility index (Phi) is 4.91. The number of carbonyl (C=O) groups is 2. The summed E-state index contributed by atoms with van der Waals surface area (Å²) >= 11 is 0. The maximum atomic E-state index is 13.4. The number of amides is 2. The lowest BCUT2D eigenvalue weighted by Gasteiger charge is -2.15. The van der Waals surface area contributed by atoms with Crippen LogP contribution in [-0.4, -0.2) is 11.8 Å². The molecule has 5 nitrogen and oxygen atoms in total.